The van der Waals surface area contributed by atoms with E-state index in [-0.39, 0.29) is 17.9 Å². The van der Waals surface area contributed by atoms with Gasteiger partial charge in [-0.05, 0) is 42.0 Å². The molecule has 3 rings (SSSR count). The van der Waals surface area contributed by atoms with Gasteiger partial charge in [0.2, 0.25) is 5.91 Å². The lowest BCUT2D eigenvalue weighted by Crippen LogP contribution is -2.36. The van der Waals surface area contributed by atoms with Crippen molar-refractivity contribution < 1.29 is 9.59 Å². The molecular weight excluding hydrogens is 310 g/mol. The number of hydrogen-bond acceptors (Lipinski definition) is 5. The third-order valence-electron chi connectivity index (χ3n) is 3.91. The maximum Gasteiger partial charge on any atom is 0.321 e. The minimum atomic E-state index is -0.212. The predicted octanol–water partition coefficient (Wildman–Crippen LogP) is 0.652. The van der Waals surface area contributed by atoms with E-state index in [9.17, 15) is 9.59 Å². The molecule has 1 aliphatic heterocycles. The summed E-state index contributed by atoms with van der Waals surface area (Å²) in [5, 5.41) is 16.7. The first kappa shape index (κ1) is 15.9. The Morgan fingerprint density at radius 2 is 2.25 bits per heavy atom. The van der Waals surface area contributed by atoms with Crippen molar-refractivity contribution in [2.45, 2.75) is 13.3 Å². The van der Waals surface area contributed by atoms with Crippen LogP contribution in [0.5, 0.6) is 0 Å². The van der Waals surface area contributed by atoms with E-state index in [1.165, 1.54) is 11.0 Å². The number of rotatable bonds is 4. The molecule has 1 aliphatic rings. The standard InChI is InChI=1S/C15H19N7O2/c1-2-16-14(23)11-6-7-21(9-11)15(24)18-12-4-3-5-13(8-12)22-10-17-19-20-22/h3-5,8,10-11H,2,6-7,9H2,1H3,(H,16,23)(H,18,24)/t11-/m1/s1. The fourth-order valence-electron chi connectivity index (χ4n) is 2.69. The molecule has 24 heavy (non-hydrogen) atoms. The molecule has 0 unspecified atom stereocenters. The van der Waals surface area contributed by atoms with Gasteiger partial charge in [0.05, 0.1) is 11.6 Å². The number of tetrazole rings is 1. The summed E-state index contributed by atoms with van der Waals surface area (Å²) in [5.74, 6) is -0.128. The number of carbonyl (C=O) groups excluding carboxylic acids is 2. The fraction of sp³-hybridized carbons (Fsp3) is 0.400. The Balaban J connectivity index is 1.61. The van der Waals surface area contributed by atoms with Gasteiger partial charge in [-0.2, -0.15) is 0 Å². The molecule has 2 heterocycles. The number of benzene rings is 1. The molecule has 1 aromatic carbocycles. The highest BCUT2D eigenvalue weighted by Gasteiger charge is 2.30. The van der Waals surface area contributed by atoms with Gasteiger partial charge < -0.3 is 15.5 Å². The first-order valence-electron chi connectivity index (χ1n) is 7.84. The largest absolute Gasteiger partial charge is 0.356 e. The Bertz CT molecular complexity index is 716. The van der Waals surface area contributed by atoms with Crippen LogP contribution in [0.2, 0.25) is 0 Å². The molecule has 0 aliphatic carbocycles. The summed E-state index contributed by atoms with van der Waals surface area (Å²) in [6.45, 7) is 3.49. The Kier molecular flexibility index (Phi) is 4.69. The lowest BCUT2D eigenvalue weighted by atomic mass is 10.1. The molecule has 0 radical (unpaired) electrons. The van der Waals surface area contributed by atoms with Crippen LogP contribution < -0.4 is 10.6 Å². The van der Waals surface area contributed by atoms with E-state index in [1.807, 2.05) is 19.1 Å². The zero-order valence-corrected chi connectivity index (χ0v) is 13.3. The molecule has 126 valence electrons. The van der Waals surface area contributed by atoms with Gasteiger partial charge >= 0.3 is 6.03 Å². The van der Waals surface area contributed by atoms with Crippen molar-refractivity contribution in [1.82, 2.24) is 30.4 Å². The number of aromatic nitrogens is 4. The van der Waals surface area contributed by atoms with E-state index in [1.54, 1.807) is 17.0 Å². The molecule has 2 N–H and O–H groups in total. The Morgan fingerprint density at radius 1 is 1.38 bits per heavy atom. The zero-order valence-electron chi connectivity index (χ0n) is 13.3. The van der Waals surface area contributed by atoms with Gasteiger partial charge in [-0.25, -0.2) is 9.48 Å². The second-order valence-electron chi connectivity index (χ2n) is 5.56. The molecule has 1 fully saturated rings. The van der Waals surface area contributed by atoms with Gasteiger partial charge in [-0.15, -0.1) is 5.10 Å². The quantitative estimate of drug-likeness (QED) is 0.857. The molecule has 1 atom stereocenters. The number of urea groups is 1. The molecule has 9 heteroatoms. The van der Waals surface area contributed by atoms with Crippen LogP contribution in [0.1, 0.15) is 13.3 Å². The van der Waals surface area contributed by atoms with Crippen molar-refractivity contribution >= 4 is 17.6 Å². The number of nitrogens with one attached hydrogen (secondary N) is 2. The summed E-state index contributed by atoms with van der Waals surface area (Å²) in [7, 11) is 0. The molecular formula is C15H19N7O2. The minimum Gasteiger partial charge on any atom is -0.356 e. The van der Waals surface area contributed by atoms with Crippen LogP contribution in [0.25, 0.3) is 5.69 Å². The highest BCUT2D eigenvalue weighted by molar-refractivity contribution is 5.90. The Morgan fingerprint density at radius 3 is 3.00 bits per heavy atom. The molecule has 0 spiro atoms. The smallest absolute Gasteiger partial charge is 0.321 e. The SMILES string of the molecule is CCNC(=O)[C@@H]1CCN(C(=O)Nc2cccc(-n3cnnn3)c2)C1. The van der Waals surface area contributed by atoms with E-state index >= 15 is 0 Å². The molecule has 0 bridgehead atoms. The number of likely N-dealkylation sites (tertiary alicyclic amines) is 1. The van der Waals surface area contributed by atoms with Crippen molar-refractivity contribution in [2.75, 3.05) is 25.0 Å². The predicted molar refractivity (Wildman–Crippen MR) is 86.5 cm³/mol. The summed E-state index contributed by atoms with van der Waals surface area (Å²) >= 11 is 0. The highest BCUT2D eigenvalue weighted by Crippen LogP contribution is 2.19. The van der Waals surface area contributed by atoms with Gasteiger partial charge in [0.25, 0.3) is 0 Å². The maximum absolute atomic E-state index is 12.4. The number of anilines is 1. The van der Waals surface area contributed by atoms with Crippen molar-refractivity contribution in [2.24, 2.45) is 5.92 Å². The van der Waals surface area contributed by atoms with Crippen LogP contribution in [0, 0.1) is 5.92 Å². The number of hydrogen-bond donors (Lipinski definition) is 2. The number of amides is 3. The van der Waals surface area contributed by atoms with Gasteiger partial charge in [-0.1, -0.05) is 6.07 Å². The Labute approximate surface area is 139 Å². The first-order chi connectivity index (χ1) is 11.7. The number of carbonyl (C=O) groups is 2. The van der Waals surface area contributed by atoms with Crippen LogP contribution in [0.15, 0.2) is 30.6 Å². The maximum atomic E-state index is 12.4. The zero-order chi connectivity index (χ0) is 16.9. The third kappa shape index (κ3) is 3.50. The van der Waals surface area contributed by atoms with E-state index in [0.29, 0.717) is 31.7 Å². The van der Waals surface area contributed by atoms with Crippen molar-refractivity contribution in [3.8, 4) is 5.69 Å². The Hall–Kier alpha value is -2.97. The van der Waals surface area contributed by atoms with Crippen molar-refractivity contribution in [1.29, 1.82) is 0 Å². The topological polar surface area (TPSA) is 105 Å². The summed E-state index contributed by atoms with van der Waals surface area (Å²) in [6.07, 6.45) is 2.17. The lowest BCUT2D eigenvalue weighted by molar-refractivity contribution is -0.124. The van der Waals surface area contributed by atoms with Gasteiger partial charge in [0.1, 0.15) is 6.33 Å². The molecule has 9 nitrogen and oxygen atoms in total. The average molecular weight is 329 g/mol. The van der Waals surface area contributed by atoms with E-state index in [4.69, 9.17) is 0 Å². The normalized spacial score (nSPS) is 16.9. The average Bonchev–Trinajstić information content (AvgIpc) is 3.27. The van der Waals surface area contributed by atoms with Crippen molar-refractivity contribution in [3.63, 3.8) is 0 Å². The van der Waals surface area contributed by atoms with Gasteiger partial charge in [0, 0.05) is 25.3 Å². The monoisotopic (exact) mass is 329 g/mol. The minimum absolute atomic E-state index is 0.00785. The van der Waals surface area contributed by atoms with Gasteiger partial charge in [0.15, 0.2) is 0 Å². The van der Waals surface area contributed by atoms with E-state index in [2.05, 4.69) is 26.2 Å². The van der Waals surface area contributed by atoms with Crippen LogP contribution in [0.4, 0.5) is 10.5 Å². The molecule has 0 saturated carbocycles. The van der Waals surface area contributed by atoms with Crippen LogP contribution in [0.3, 0.4) is 0 Å². The van der Waals surface area contributed by atoms with Crippen molar-refractivity contribution in [3.05, 3.63) is 30.6 Å². The molecule has 2 aromatic rings. The number of nitrogens with zero attached hydrogens (tertiary/aromatic N) is 5. The van der Waals surface area contributed by atoms with Gasteiger partial charge in [-0.3, -0.25) is 4.79 Å². The highest BCUT2D eigenvalue weighted by atomic mass is 16.2. The first-order valence-corrected chi connectivity index (χ1v) is 7.84. The molecule has 1 saturated heterocycles. The summed E-state index contributed by atoms with van der Waals surface area (Å²) in [6, 6.07) is 7.02. The fourth-order valence-corrected chi connectivity index (χ4v) is 2.69. The lowest BCUT2D eigenvalue weighted by Gasteiger charge is -2.17. The summed E-state index contributed by atoms with van der Waals surface area (Å²) < 4.78 is 1.51. The summed E-state index contributed by atoms with van der Waals surface area (Å²) in [4.78, 5) is 25.9. The van der Waals surface area contributed by atoms with Crippen LogP contribution in [-0.2, 0) is 4.79 Å². The second-order valence-corrected chi connectivity index (χ2v) is 5.56. The third-order valence-corrected chi connectivity index (χ3v) is 3.91. The van der Waals surface area contributed by atoms with E-state index in [0.717, 1.165) is 5.69 Å². The van der Waals surface area contributed by atoms with Crippen LogP contribution in [-0.4, -0.2) is 56.7 Å². The second kappa shape index (κ2) is 7.07. The van der Waals surface area contributed by atoms with Crippen LogP contribution >= 0.6 is 0 Å². The molecule has 1 aromatic heterocycles. The van der Waals surface area contributed by atoms with E-state index < -0.39 is 0 Å². The summed E-state index contributed by atoms with van der Waals surface area (Å²) in [5.41, 5.74) is 1.40. The molecule has 3 amide bonds.